The maximum absolute atomic E-state index is 9.30. The summed E-state index contributed by atoms with van der Waals surface area (Å²) in [5, 5.41) is 27.1. The predicted octanol–water partition coefficient (Wildman–Crippen LogP) is -0.811. The lowest BCUT2D eigenvalue weighted by atomic mass is 9.80. The average molecular weight is 208 g/mol. The van der Waals surface area contributed by atoms with Crippen LogP contribution in [0.2, 0.25) is 0 Å². The molecule has 0 amide bonds. The van der Waals surface area contributed by atoms with E-state index in [9.17, 15) is 5.11 Å². The SMILES string of the molecule is OB(O)c1ccc([C@H]2C[C@@H](O)CO2)cc1. The van der Waals surface area contributed by atoms with Crippen LogP contribution in [0.5, 0.6) is 0 Å². The van der Waals surface area contributed by atoms with E-state index in [-0.39, 0.29) is 6.10 Å². The van der Waals surface area contributed by atoms with E-state index in [0.717, 1.165) is 5.56 Å². The third-order valence-corrected chi connectivity index (χ3v) is 2.58. The fourth-order valence-electron chi connectivity index (χ4n) is 1.73. The van der Waals surface area contributed by atoms with Crippen LogP contribution in [0.4, 0.5) is 0 Å². The second kappa shape index (κ2) is 4.32. The number of ether oxygens (including phenoxy) is 1. The Morgan fingerprint density at radius 1 is 1.20 bits per heavy atom. The minimum Gasteiger partial charge on any atom is -0.423 e. The van der Waals surface area contributed by atoms with Gasteiger partial charge in [-0.15, -0.1) is 0 Å². The zero-order valence-corrected chi connectivity index (χ0v) is 8.21. The molecule has 1 fully saturated rings. The summed E-state index contributed by atoms with van der Waals surface area (Å²) in [7, 11) is -1.44. The molecule has 0 saturated carbocycles. The van der Waals surface area contributed by atoms with Gasteiger partial charge in [-0.25, -0.2) is 0 Å². The molecular weight excluding hydrogens is 195 g/mol. The zero-order valence-electron chi connectivity index (χ0n) is 8.21. The molecule has 2 rings (SSSR count). The summed E-state index contributed by atoms with van der Waals surface area (Å²) in [6.45, 7) is 0.370. The van der Waals surface area contributed by atoms with E-state index in [2.05, 4.69) is 0 Å². The second-order valence-corrected chi connectivity index (χ2v) is 3.75. The predicted molar refractivity (Wildman–Crippen MR) is 55.6 cm³/mol. The van der Waals surface area contributed by atoms with E-state index < -0.39 is 13.2 Å². The summed E-state index contributed by atoms with van der Waals surface area (Å²) < 4.78 is 5.38. The maximum Gasteiger partial charge on any atom is 0.488 e. The minimum absolute atomic E-state index is 0.0788. The number of hydrogen-bond acceptors (Lipinski definition) is 4. The lowest BCUT2D eigenvalue weighted by Gasteiger charge is -2.09. The number of aliphatic hydroxyl groups is 1. The zero-order chi connectivity index (χ0) is 10.8. The molecule has 0 aromatic heterocycles. The first kappa shape index (κ1) is 10.6. The Bertz CT molecular complexity index is 325. The van der Waals surface area contributed by atoms with Crippen molar-refractivity contribution in [3.8, 4) is 0 Å². The van der Waals surface area contributed by atoms with Crippen molar-refractivity contribution >= 4 is 12.6 Å². The van der Waals surface area contributed by atoms with Crippen molar-refractivity contribution < 1.29 is 19.9 Å². The summed E-state index contributed by atoms with van der Waals surface area (Å²) >= 11 is 0. The molecule has 1 aliphatic rings. The van der Waals surface area contributed by atoms with Gasteiger partial charge in [0.2, 0.25) is 0 Å². The van der Waals surface area contributed by atoms with E-state index in [4.69, 9.17) is 14.8 Å². The lowest BCUT2D eigenvalue weighted by molar-refractivity contribution is 0.0888. The first-order chi connectivity index (χ1) is 7.16. The highest BCUT2D eigenvalue weighted by Gasteiger charge is 2.25. The van der Waals surface area contributed by atoms with Crippen LogP contribution in [0.15, 0.2) is 24.3 Å². The van der Waals surface area contributed by atoms with Crippen LogP contribution in [0.1, 0.15) is 18.1 Å². The quantitative estimate of drug-likeness (QED) is 0.556. The smallest absolute Gasteiger partial charge is 0.423 e. The molecule has 80 valence electrons. The van der Waals surface area contributed by atoms with Gasteiger partial charge in [0.15, 0.2) is 0 Å². The average Bonchev–Trinajstić information content (AvgIpc) is 2.65. The van der Waals surface area contributed by atoms with E-state index in [0.29, 0.717) is 18.5 Å². The number of rotatable bonds is 2. The topological polar surface area (TPSA) is 69.9 Å². The Kier molecular flexibility index (Phi) is 3.07. The van der Waals surface area contributed by atoms with E-state index in [1.165, 1.54) is 0 Å². The highest BCUT2D eigenvalue weighted by Crippen LogP contribution is 2.27. The van der Waals surface area contributed by atoms with Gasteiger partial charge in [-0.2, -0.15) is 0 Å². The summed E-state index contributed by atoms with van der Waals surface area (Å²) in [5.41, 5.74) is 1.41. The summed E-state index contributed by atoms with van der Waals surface area (Å²) in [5.74, 6) is 0. The standard InChI is InChI=1S/C10H13BO4/c12-9-5-10(15-6-9)7-1-3-8(4-2-7)11(13)14/h1-4,9-10,12-14H,5-6H2/t9-,10-/m1/s1. The van der Waals surface area contributed by atoms with Crippen molar-refractivity contribution in [2.75, 3.05) is 6.61 Å². The number of aliphatic hydroxyl groups excluding tert-OH is 1. The van der Waals surface area contributed by atoms with Gasteiger partial charge in [0.1, 0.15) is 0 Å². The van der Waals surface area contributed by atoms with Gasteiger partial charge >= 0.3 is 7.12 Å². The molecule has 4 nitrogen and oxygen atoms in total. The van der Waals surface area contributed by atoms with Gasteiger partial charge < -0.3 is 19.9 Å². The van der Waals surface area contributed by atoms with Crippen molar-refractivity contribution in [3.05, 3.63) is 29.8 Å². The molecular formula is C10H13BO4. The van der Waals surface area contributed by atoms with E-state index >= 15 is 0 Å². The van der Waals surface area contributed by atoms with Crippen LogP contribution in [0, 0.1) is 0 Å². The first-order valence-corrected chi connectivity index (χ1v) is 4.92. The fraction of sp³-hybridized carbons (Fsp3) is 0.400. The van der Waals surface area contributed by atoms with E-state index in [1.807, 2.05) is 0 Å². The summed E-state index contributed by atoms with van der Waals surface area (Å²) in [6, 6.07) is 6.87. The Hall–Kier alpha value is -0.875. The Labute approximate surface area is 88.3 Å². The molecule has 1 aromatic rings. The molecule has 0 unspecified atom stereocenters. The van der Waals surface area contributed by atoms with Crippen LogP contribution in [0.25, 0.3) is 0 Å². The molecule has 1 saturated heterocycles. The molecule has 0 bridgehead atoms. The van der Waals surface area contributed by atoms with Gasteiger partial charge in [-0.05, 0) is 11.0 Å². The molecule has 1 heterocycles. The highest BCUT2D eigenvalue weighted by atomic mass is 16.5. The number of benzene rings is 1. The molecule has 15 heavy (non-hydrogen) atoms. The molecule has 1 aromatic carbocycles. The van der Waals surface area contributed by atoms with Gasteiger partial charge in [0.25, 0.3) is 0 Å². The molecule has 2 atom stereocenters. The van der Waals surface area contributed by atoms with Crippen molar-refractivity contribution in [1.82, 2.24) is 0 Å². The summed E-state index contributed by atoms with van der Waals surface area (Å²) in [4.78, 5) is 0. The van der Waals surface area contributed by atoms with Crippen LogP contribution >= 0.6 is 0 Å². The Morgan fingerprint density at radius 3 is 2.33 bits per heavy atom. The Balaban J connectivity index is 2.10. The largest absolute Gasteiger partial charge is 0.488 e. The van der Waals surface area contributed by atoms with Gasteiger partial charge in [0, 0.05) is 6.42 Å². The van der Waals surface area contributed by atoms with E-state index in [1.54, 1.807) is 24.3 Å². The van der Waals surface area contributed by atoms with Crippen molar-refractivity contribution in [2.45, 2.75) is 18.6 Å². The van der Waals surface area contributed by atoms with Crippen LogP contribution in [0.3, 0.4) is 0 Å². The van der Waals surface area contributed by atoms with Gasteiger partial charge in [0.05, 0.1) is 18.8 Å². The van der Waals surface area contributed by atoms with Crippen molar-refractivity contribution in [3.63, 3.8) is 0 Å². The maximum atomic E-state index is 9.30. The van der Waals surface area contributed by atoms with Crippen molar-refractivity contribution in [2.24, 2.45) is 0 Å². The molecule has 5 heteroatoms. The van der Waals surface area contributed by atoms with Crippen LogP contribution in [-0.2, 0) is 4.74 Å². The summed E-state index contributed by atoms with van der Waals surface area (Å²) in [6.07, 6.45) is 0.129. The lowest BCUT2D eigenvalue weighted by Crippen LogP contribution is -2.29. The molecule has 0 radical (unpaired) electrons. The normalized spacial score (nSPS) is 25.5. The van der Waals surface area contributed by atoms with Crippen LogP contribution in [-0.4, -0.2) is 35.0 Å². The Morgan fingerprint density at radius 2 is 1.87 bits per heavy atom. The number of hydrogen-bond donors (Lipinski definition) is 3. The van der Waals surface area contributed by atoms with Gasteiger partial charge in [-0.1, -0.05) is 24.3 Å². The fourth-order valence-corrected chi connectivity index (χ4v) is 1.73. The molecule has 0 spiro atoms. The first-order valence-electron chi connectivity index (χ1n) is 4.92. The van der Waals surface area contributed by atoms with Crippen molar-refractivity contribution in [1.29, 1.82) is 0 Å². The molecule has 0 aliphatic carbocycles. The monoisotopic (exact) mass is 208 g/mol. The second-order valence-electron chi connectivity index (χ2n) is 3.75. The third kappa shape index (κ3) is 2.38. The van der Waals surface area contributed by atoms with Crippen LogP contribution < -0.4 is 5.46 Å². The van der Waals surface area contributed by atoms with Gasteiger partial charge in [-0.3, -0.25) is 0 Å². The molecule has 3 N–H and O–H groups in total. The highest BCUT2D eigenvalue weighted by molar-refractivity contribution is 6.58. The molecule has 1 aliphatic heterocycles. The third-order valence-electron chi connectivity index (χ3n) is 2.58. The minimum atomic E-state index is -1.44.